The van der Waals surface area contributed by atoms with Crippen LogP contribution in [0.2, 0.25) is 0 Å². The van der Waals surface area contributed by atoms with E-state index in [1.165, 1.54) is 19.3 Å². The molecule has 5 nitrogen and oxygen atoms in total. The van der Waals surface area contributed by atoms with Gasteiger partial charge in [-0.1, -0.05) is 19.3 Å². The first-order valence-corrected chi connectivity index (χ1v) is 4.84. The molecule has 1 aliphatic rings. The van der Waals surface area contributed by atoms with E-state index in [-0.39, 0.29) is 6.10 Å². The SMILES string of the molecule is O=C(O)/C=C\C(=O)O.OC1CCCCC1. The lowest BCUT2D eigenvalue weighted by Crippen LogP contribution is -2.09. The molecule has 0 bridgehead atoms. The van der Waals surface area contributed by atoms with E-state index in [1.807, 2.05) is 0 Å². The second-order valence-corrected chi connectivity index (χ2v) is 3.30. The Balaban J connectivity index is 0.000000262. The van der Waals surface area contributed by atoms with Gasteiger partial charge in [-0.05, 0) is 12.8 Å². The Hall–Kier alpha value is -1.36. The summed E-state index contributed by atoms with van der Waals surface area (Å²) in [5, 5.41) is 24.5. The second-order valence-electron chi connectivity index (χ2n) is 3.30. The zero-order valence-electron chi connectivity index (χ0n) is 8.43. The molecule has 0 radical (unpaired) electrons. The average Bonchev–Trinajstić information content (AvgIpc) is 2.17. The highest BCUT2D eigenvalue weighted by Crippen LogP contribution is 2.16. The summed E-state index contributed by atoms with van der Waals surface area (Å²) in [6.45, 7) is 0. The van der Waals surface area contributed by atoms with Crippen molar-refractivity contribution in [1.82, 2.24) is 0 Å². The van der Waals surface area contributed by atoms with Crippen LogP contribution in [0.15, 0.2) is 12.2 Å². The predicted molar refractivity (Wildman–Crippen MR) is 53.5 cm³/mol. The Kier molecular flexibility index (Phi) is 7.27. The molecular weight excluding hydrogens is 200 g/mol. The van der Waals surface area contributed by atoms with Gasteiger partial charge in [0.25, 0.3) is 0 Å². The third kappa shape index (κ3) is 10.6. The summed E-state index contributed by atoms with van der Waals surface area (Å²) in [4.78, 5) is 19.1. The zero-order valence-corrected chi connectivity index (χ0v) is 8.43. The number of carbonyl (C=O) groups is 2. The number of aliphatic hydroxyl groups is 1. The van der Waals surface area contributed by atoms with E-state index in [0.29, 0.717) is 12.2 Å². The molecule has 0 aliphatic heterocycles. The van der Waals surface area contributed by atoms with Crippen LogP contribution >= 0.6 is 0 Å². The van der Waals surface area contributed by atoms with Crippen molar-refractivity contribution in [3.8, 4) is 0 Å². The fourth-order valence-electron chi connectivity index (χ4n) is 1.22. The molecule has 3 N–H and O–H groups in total. The monoisotopic (exact) mass is 216 g/mol. The van der Waals surface area contributed by atoms with Crippen LogP contribution in [-0.2, 0) is 9.59 Å². The molecule has 0 aromatic heterocycles. The van der Waals surface area contributed by atoms with Crippen molar-refractivity contribution in [1.29, 1.82) is 0 Å². The minimum absolute atomic E-state index is 0.0359. The number of carboxylic acids is 2. The van der Waals surface area contributed by atoms with Crippen molar-refractivity contribution in [2.75, 3.05) is 0 Å². The van der Waals surface area contributed by atoms with Gasteiger partial charge in [0.15, 0.2) is 0 Å². The highest BCUT2D eigenvalue weighted by molar-refractivity contribution is 5.89. The quantitative estimate of drug-likeness (QED) is 0.599. The number of aliphatic carboxylic acids is 2. The largest absolute Gasteiger partial charge is 0.478 e. The minimum atomic E-state index is -1.26. The Morgan fingerprint density at radius 3 is 1.53 bits per heavy atom. The maximum absolute atomic E-state index is 9.55. The van der Waals surface area contributed by atoms with Gasteiger partial charge in [-0.25, -0.2) is 9.59 Å². The van der Waals surface area contributed by atoms with E-state index in [0.717, 1.165) is 12.8 Å². The summed E-state index contributed by atoms with van der Waals surface area (Å²) < 4.78 is 0. The van der Waals surface area contributed by atoms with Crippen LogP contribution in [-0.4, -0.2) is 33.4 Å². The van der Waals surface area contributed by atoms with Gasteiger partial charge in [-0.15, -0.1) is 0 Å². The number of rotatable bonds is 2. The minimum Gasteiger partial charge on any atom is -0.478 e. The summed E-state index contributed by atoms with van der Waals surface area (Å²) >= 11 is 0. The molecule has 0 atom stereocenters. The third-order valence-corrected chi connectivity index (χ3v) is 1.94. The molecule has 86 valence electrons. The van der Waals surface area contributed by atoms with Gasteiger partial charge in [0.05, 0.1) is 6.10 Å². The normalized spacial score (nSPS) is 16.9. The van der Waals surface area contributed by atoms with Gasteiger partial charge in [-0.3, -0.25) is 0 Å². The van der Waals surface area contributed by atoms with E-state index < -0.39 is 11.9 Å². The van der Waals surface area contributed by atoms with E-state index >= 15 is 0 Å². The van der Waals surface area contributed by atoms with Crippen LogP contribution in [0.25, 0.3) is 0 Å². The van der Waals surface area contributed by atoms with Gasteiger partial charge in [0.1, 0.15) is 0 Å². The van der Waals surface area contributed by atoms with Crippen molar-refractivity contribution in [3.05, 3.63) is 12.2 Å². The average molecular weight is 216 g/mol. The molecule has 0 heterocycles. The first-order chi connectivity index (χ1) is 7.02. The van der Waals surface area contributed by atoms with Crippen LogP contribution in [0.3, 0.4) is 0 Å². The molecule has 15 heavy (non-hydrogen) atoms. The molecule has 0 saturated heterocycles. The van der Waals surface area contributed by atoms with E-state index in [1.54, 1.807) is 0 Å². The molecule has 1 rings (SSSR count). The molecule has 0 amide bonds. The standard InChI is InChI=1S/C6H12O.C4H4O4/c7-6-4-2-1-3-5-6;5-3(6)1-2-4(7)8/h6-7H,1-5H2;1-2H,(H,5,6)(H,7,8)/b;2-1-. The highest BCUT2D eigenvalue weighted by atomic mass is 16.4. The fourth-order valence-corrected chi connectivity index (χ4v) is 1.22. The van der Waals surface area contributed by atoms with Crippen LogP contribution < -0.4 is 0 Å². The zero-order chi connectivity index (χ0) is 11.7. The van der Waals surface area contributed by atoms with Crippen molar-refractivity contribution < 1.29 is 24.9 Å². The molecule has 1 saturated carbocycles. The highest BCUT2D eigenvalue weighted by Gasteiger charge is 2.07. The van der Waals surface area contributed by atoms with Crippen molar-refractivity contribution in [3.63, 3.8) is 0 Å². The van der Waals surface area contributed by atoms with Crippen LogP contribution in [0.1, 0.15) is 32.1 Å². The molecule has 1 fully saturated rings. The number of aliphatic hydroxyl groups excluding tert-OH is 1. The molecular formula is C10H16O5. The molecule has 0 aromatic carbocycles. The lowest BCUT2D eigenvalue weighted by atomic mass is 9.98. The maximum atomic E-state index is 9.55. The lowest BCUT2D eigenvalue weighted by Gasteiger charge is -2.14. The smallest absolute Gasteiger partial charge is 0.328 e. The van der Waals surface area contributed by atoms with Gasteiger partial charge >= 0.3 is 11.9 Å². The van der Waals surface area contributed by atoms with E-state index in [4.69, 9.17) is 15.3 Å². The number of carboxylic acid groups (broad SMARTS) is 2. The molecule has 0 unspecified atom stereocenters. The van der Waals surface area contributed by atoms with E-state index in [9.17, 15) is 9.59 Å². The summed E-state index contributed by atoms with van der Waals surface area (Å²) in [7, 11) is 0. The van der Waals surface area contributed by atoms with Crippen molar-refractivity contribution in [2.24, 2.45) is 0 Å². The second kappa shape index (κ2) is 7.99. The summed E-state index contributed by atoms with van der Waals surface area (Å²) in [6, 6.07) is 0. The first kappa shape index (κ1) is 13.6. The lowest BCUT2D eigenvalue weighted by molar-refractivity contribution is -0.134. The van der Waals surface area contributed by atoms with Crippen LogP contribution in [0.4, 0.5) is 0 Å². The van der Waals surface area contributed by atoms with Gasteiger partial charge in [0, 0.05) is 12.2 Å². The summed E-state index contributed by atoms with van der Waals surface area (Å²) in [5.41, 5.74) is 0. The van der Waals surface area contributed by atoms with Crippen LogP contribution in [0.5, 0.6) is 0 Å². The molecule has 0 aromatic rings. The third-order valence-electron chi connectivity index (χ3n) is 1.94. The Morgan fingerprint density at radius 2 is 1.33 bits per heavy atom. The molecule has 5 heteroatoms. The molecule has 0 spiro atoms. The van der Waals surface area contributed by atoms with Gasteiger partial charge in [0.2, 0.25) is 0 Å². The van der Waals surface area contributed by atoms with E-state index in [2.05, 4.69) is 0 Å². The summed E-state index contributed by atoms with van der Waals surface area (Å²) in [5.74, 6) is -2.51. The number of hydrogen-bond acceptors (Lipinski definition) is 3. The van der Waals surface area contributed by atoms with Gasteiger partial charge < -0.3 is 15.3 Å². The Labute approximate surface area is 88.0 Å². The van der Waals surface area contributed by atoms with Gasteiger partial charge in [-0.2, -0.15) is 0 Å². The van der Waals surface area contributed by atoms with Crippen LogP contribution in [0, 0.1) is 0 Å². The Morgan fingerprint density at radius 1 is 0.933 bits per heavy atom. The Bertz CT molecular complexity index is 212. The predicted octanol–water partition coefficient (Wildman–Crippen LogP) is 1.02. The molecule has 1 aliphatic carbocycles. The van der Waals surface area contributed by atoms with Crippen molar-refractivity contribution in [2.45, 2.75) is 38.2 Å². The maximum Gasteiger partial charge on any atom is 0.328 e. The topological polar surface area (TPSA) is 94.8 Å². The first-order valence-electron chi connectivity index (χ1n) is 4.84. The van der Waals surface area contributed by atoms with Crippen molar-refractivity contribution >= 4 is 11.9 Å². The summed E-state index contributed by atoms with van der Waals surface area (Å²) in [6.07, 6.45) is 7.04. The fraction of sp³-hybridized carbons (Fsp3) is 0.600. The number of hydrogen-bond donors (Lipinski definition) is 3.